The van der Waals surface area contributed by atoms with Gasteiger partial charge in [-0.1, -0.05) is 18.2 Å². The average Bonchev–Trinajstić information content (AvgIpc) is 2.49. The first kappa shape index (κ1) is 14.6. The summed E-state index contributed by atoms with van der Waals surface area (Å²) in [6, 6.07) is 13.8. The van der Waals surface area contributed by atoms with Crippen LogP contribution in [-0.4, -0.2) is 11.9 Å². The SMILES string of the molecule is CC(=O)N1c2ccccc2[C@H](Oc2ccc(F)cc2)C[C@@H]1C. The van der Waals surface area contributed by atoms with Crippen LogP contribution in [0.4, 0.5) is 10.1 Å². The first-order chi connectivity index (χ1) is 10.6. The van der Waals surface area contributed by atoms with E-state index in [0.29, 0.717) is 12.2 Å². The normalized spacial score (nSPS) is 20.4. The molecule has 0 aromatic heterocycles. The highest BCUT2D eigenvalue weighted by Crippen LogP contribution is 2.39. The van der Waals surface area contributed by atoms with Gasteiger partial charge in [-0.25, -0.2) is 4.39 Å². The molecular formula is C18H18FNO2. The lowest BCUT2D eigenvalue weighted by atomic mass is 9.93. The Kier molecular flexibility index (Phi) is 3.84. The van der Waals surface area contributed by atoms with Crippen molar-refractivity contribution in [2.45, 2.75) is 32.4 Å². The number of fused-ring (bicyclic) bond motifs is 1. The Labute approximate surface area is 129 Å². The number of carbonyl (C=O) groups excluding carboxylic acids is 1. The number of para-hydroxylation sites is 1. The first-order valence-corrected chi connectivity index (χ1v) is 7.37. The maximum Gasteiger partial charge on any atom is 0.224 e. The fraction of sp³-hybridized carbons (Fsp3) is 0.278. The molecule has 0 saturated heterocycles. The molecule has 0 spiro atoms. The van der Waals surface area contributed by atoms with Crippen molar-refractivity contribution in [1.82, 2.24) is 0 Å². The predicted octanol–water partition coefficient (Wildman–Crippen LogP) is 4.09. The lowest BCUT2D eigenvalue weighted by molar-refractivity contribution is -0.117. The molecular weight excluding hydrogens is 281 g/mol. The molecule has 0 fully saturated rings. The number of carbonyl (C=O) groups is 1. The zero-order chi connectivity index (χ0) is 15.7. The number of rotatable bonds is 2. The number of anilines is 1. The number of ether oxygens (including phenoxy) is 1. The Morgan fingerprint density at radius 3 is 2.55 bits per heavy atom. The first-order valence-electron chi connectivity index (χ1n) is 7.37. The van der Waals surface area contributed by atoms with Crippen molar-refractivity contribution < 1.29 is 13.9 Å². The van der Waals surface area contributed by atoms with Crippen LogP contribution in [0.15, 0.2) is 48.5 Å². The summed E-state index contributed by atoms with van der Waals surface area (Å²) < 4.78 is 19.0. The third-order valence-corrected chi connectivity index (χ3v) is 3.97. The number of amides is 1. The Bertz CT molecular complexity index is 684. The van der Waals surface area contributed by atoms with Crippen LogP contribution in [0.3, 0.4) is 0 Å². The fourth-order valence-corrected chi connectivity index (χ4v) is 3.03. The van der Waals surface area contributed by atoms with Crippen molar-refractivity contribution in [2.75, 3.05) is 4.90 Å². The summed E-state index contributed by atoms with van der Waals surface area (Å²) in [7, 11) is 0. The van der Waals surface area contributed by atoms with Gasteiger partial charge in [-0.3, -0.25) is 4.79 Å². The van der Waals surface area contributed by atoms with E-state index in [2.05, 4.69) is 0 Å². The van der Waals surface area contributed by atoms with E-state index in [1.54, 1.807) is 24.0 Å². The molecule has 0 bridgehead atoms. The number of halogens is 1. The Morgan fingerprint density at radius 2 is 1.86 bits per heavy atom. The molecule has 2 aromatic carbocycles. The second-order valence-electron chi connectivity index (χ2n) is 5.59. The largest absolute Gasteiger partial charge is 0.486 e. The van der Waals surface area contributed by atoms with Gasteiger partial charge in [0.2, 0.25) is 5.91 Å². The van der Waals surface area contributed by atoms with Gasteiger partial charge in [0.1, 0.15) is 17.7 Å². The van der Waals surface area contributed by atoms with Crippen LogP contribution < -0.4 is 9.64 Å². The predicted molar refractivity (Wildman–Crippen MR) is 83.5 cm³/mol. The van der Waals surface area contributed by atoms with Crippen molar-refractivity contribution >= 4 is 11.6 Å². The highest BCUT2D eigenvalue weighted by Gasteiger charge is 2.33. The Morgan fingerprint density at radius 1 is 1.18 bits per heavy atom. The van der Waals surface area contributed by atoms with Gasteiger partial charge in [-0.2, -0.15) is 0 Å². The molecule has 1 aliphatic rings. The number of hydrogen-bond acceptors (Lipinski definition) is 2. The van der Waals surface area contributed by atoms with E-state index in [-0.39, 0.29) is 23.9 Å². The molecule has 4 heteroatoms. The smallest absolute Gasteiger partial charge is 0.224 e. The summed E-state index contributed by atoms with van der Waals surface area (Å²) in [5.74, 6) is 0.373. The van der Waals surface area contributed by atoms with E-state index >= 15 is 0 Å². The zero-order valence-electron chi connectivity index (χ0n) is 12.6. The Balaban J connectivity index is 1.94. The molecule has 0 saturated carbocycles. The Hall–Kier alpha value is -2.36. The summed E-state index contributed by atoms with van der Waals surface area (Å²) in [6.45, 7) is 3.59. The van der Waals surface area contributed by atoms with Crippen molar-refractivity contribution in [2.24, 2.45) is 0 Å². The summed E-state index contributed by atoms with van der Waals surface area (Å²) >= 11 is 0. The molecule has 22 heavy (non-hydrogen) atoms. The van der Waals surface area contributed by atoms with Crippen molar-refractivity contribution in [1.29, 1.82) is 0 Å². The number of nitrogens with zero attached hydrogens (tertiary/aromatic N) is 1. The quantitative estimate of drug-likeness (QED) is 0.836. The monoisotopic (exact) mass is 299 g/mol. The average molecular weight is 299 g/mol. The van der Waals surface area contributed by atoms with Crippen LogP contribution in [0.5, 0.6) is 5.75 Å². The third-order valence-electron chi connectivity index (χ3n) is 3.97. The summed E-state index contributed by atoms with van der Waals surface area (Å²) in [6.07, 6.45) is 0.556. The second kappa shape index (κ2) is 5.79. The van der Waals surface area contributed by atoms with Gasteiger partial charge in [0.05, 0.1) is 5.69 Å². The maximum absolute atomic E-state index is 13.0. The van der Waals surface area contributed by atoms with Crippen LogP contribution in [0.1, 0.15) is 31.9 Å². The van der Waals surface area contributed by atoms with Crippen molar-refractivity contribution in [3.63, 3.8) is 0 Å². The van der Waals surface area contributed by atoms with Crippen LogP contribution in [0, 0.1) is 5.82 Å². The number of hydrogen-bond donors (Lipinski definition) is 0. The third kappa shape index (κ3) is 2.69. The van der Waals surface area contributed by atoms with Gasteiger partial charge >= 0.3 is 0 Å². The van der Waals surface area contributed by atoms with E-state index in [4.69, 9.17) is 4.74 Å². The van der Waals surface area contributed by atoms with Gasteiger partial charge in [0.25, 0.3) is 0 Å². The van der Waals surface area contributed by atoms with Gasteiger partial charge in [0, 0.05) is 24.9 Å². The molecule has 3 nitrogen and oxygen atoms in total. The van der Waals surface area contributed by atoms with E-state index in [0.717, 1.165) is 11.3 Å². The van der Waals surface area contributed by atoms with Crippen LogP contribution in [0.2, 0.25) is 0 Å². The van der Waals surface area contributed by atoms with E-state index in [9.17, 15) is 9.18 Å². The van der Waals surface area contributed by atoms with Gasteiger partial charge in [-0.15, -0.1) is 0 Å². The molecule has 2 atom stereocenters. The lowest BCUT2D eigenvalue weighted by Crippen LogP contribution is -2.42. The van der Waals surface area contributed by atoms with E-state index < -0.39 is 0 Å². The summed E-state index contributed by atoms with van der Waals surface area (Å²) in [5.41, 5.74) is 1.88. The van der Waals surface area contributed by atoms with Gasteiger partial charge in [-0.05, 0) is 37.3 Å². The van der Waals surface area contributed by atoms with Crippen LogP contribution in [0.25, 0.3) is 0 Å². The highest BCUT2D eigenvalue weighted by atomic mass is 19.1. The topological polar surface area (TPSA) is 29.5 Å². The maximum atomic E-state index is 13.0. The van der Waals surface area contributed by atoms with Crippen molar-refractivity contribution in [3.8, 4) is 5.75 Å². The molecule has 0 N–H and O–H groups in total. The molecule has 1 aliphatic heterocycles. The summed E-state index contributed by atoms with van der Waals surface area (Å²) in [5, 5.41) is 0. The number of benzene rings is 2. The van der Waals surface area contributed by atoms with E-state index in [1.807, 2.05) is 31.2 Å². The minimum Gasteiger partial charge on any atom is -0.486 e. The minimum atomic E-state index is -0.285. The zero-order valence-corrected chi connectivity index (χ0v) is 12.6. The molecule has 0 aliphatic carbocycles. The molecule has 114 valence electrons. The van der Waals surface area contributed by atoms with Crippen LogP contribution in [-0.2, 0) is 4.79 Å². The standard InChI is InChI=1S/C18H18FNO2/c1-12-11-18(22-15-9-7-14(19)8-10-15)16-5-3-4-6-17(16)20(12)13(2)21/h3-10,12,18H,11H2,1-2H3/t12-,18+/m0/s1. The van der Waals surface area contributed by atoms with Crippen molar-refractivity contribution in [3.05, 3.63) is 59.9 Å². The molecule has 1 heterocycles. The molecule has 0 unspecified atom stereocenters. The highest BCUT2D eigenvalue weighted by molar-refractivity contribution is 5.93. The van der Waals surface area contributed by atoms with E-state index in [1.165, 1.54) is 12.1 Å². The van der Waals surface area contributed by atoms with Gasteiger partial charge < -0.3 is 9.64 Å². The van der Waals surface area contributed by atoms with Crippen LogP contribution >= 0.6 is 0 Å². The molecule has 3 rings (SSSR count). The minimum absolute atomic E-state index is 0.0279. The summed E-state index contributed by atoms with van der Waals surface area (Å²) in [4.78, 5) is 13.7. The lowest BCUT2D eigenvalue weighted by Gasteiger charge is -2.38. The fourth-order valence-electron chi connectivity index (χ4n) is 3.03. The molecule has 0 radical (unpaired) electrons. The molecule has 1 amide bonds. The molecule has 2 aromatic rings. The van der Waals surface area contributed by atoms with Gasteiger partial charge in [0.15, 0.2) is 0 Å². The second-order valence-corrected chi connectivity index (χ2v) is 5.59.